The fourth-order valence-electron chi connectivity index (χ4n) is 2.37. The molecule has 0 unspecified atom stereocenters. The van der Waals surface area contributed by atoms with Crippen molar-refractivity contribution in [1.29, 1.82) is 0 Å². The molecule has 0 atom stereocenters. The maximum Gasteiger partial charge on any atom is 0.458 e. The van der Waals surface area contributed by atoms with Gasteiger partial charge in [0.15, 0.2) is 0 Å². The van der Waals surface area contributed by atoms with Gasteiger partial charge in [0.1, 0.15) is 5.82 Å². The fourth-order valence-corrected chi connectivity index (χ4v) is 4.59. The van der Waals surface area contributed by atoms with E-state index in [9.17, 15) is 12.6 Å². The highest BCUT2D eigenvalue weighted by Crippen LogP contribution is 2.38. The van der Waals surface area contributed by atoms with Gasteiger partial charge in [-0.3, -0.25) is 8.22 Å². The van der Waals surface area contributed by atoms with Gasteiger partial charge in [-0.05, 0) is 25.0 Å². The Hall–Kier alpha value is -0.773. The number of rotatable bonds is 2. The summed E-state index contributed by atoms with van der Waals surface area (Å²) >= 11 is 0. The van der Waals surface area contributed by atoms with Crippen molar-refractivity contribution < 1.29 is 12.6 Å². The number of hydrogen-bond acceptors (Lipinski definition) is 0. The average Bonchev–Trinajstić information content (AvgIpc) is 2.31. The van der Waals surface area contributed by atoms with Crippen molar-refractivity contribution in [3.05, 3.63) is 30.1 Å². The molecule has 1 fully saturated rings. The zero-order valence-electron chi connectivity index (χ0n) is 9.06. The Kier molecular flexibility index (Phi) is 3.38. The van der Waals surface area contributed by atoms with Crippen LogP contribution in [0.5, 0.6) is 0 Å². The lowest BCUT2D eigenvalue weighted by Crippen LogP contribution is -2.44. The molecule has 16 heavy (non-hydrogen) atoms. The summed E-state index contributed by atoms with van der Waals surface area (Å²) in [6, 6.07) is 4.80. The van der Waals surface area contributed by atoms with Crippen LogP contribution in [-0.4, -0.2) is 8.74 Å². The van der Waals surface area contributed by atoms with Gasteiger partial charge in [0.05, 0.1) is 0 Å². The average molecular weight is 244 g/mol. The Morgan fingerprint density at radius 3 is 2.06 bits per heavy atom. The van der Waals surface area contributed by atoms with E-state index in [1.54, 1.807) is 0 Å². The lowest BCUT2D eigenvalue weighted by molar-refractivity contribution is 0.443. The SMILES string of the molecule is Fc1ccc([Si](F)(F)C2CCCCC2)cc1. The van der Waals surface area contributed by atoms with Gasteiger partial charge >= 0.3 is 8.74 Å². The Morgan fingerprint density at radius 1 is 0.938 bits per heavy atom. The van der Waals surface area contributed by atoms with Crippen molar-refractivity contribution in [1.82, 2.24) is 0 Å². The summed E-state index contributed by atoms with van der Waals surface area (Å²) in [7, 11) is -4.37. The van der Waals surface area contributed by atoms with Crippen molar-refractivity contribution in [3.63, 3.8) is 0 Å². The molecule has 1 aliphatic rings. The van der Waals surface area contributed by atoms with Crippen LogP contribution in [0.25, 0.3) is 0 Å². The summed E-state index contributed by atoms with van der Waals surface area (Å²) in [5, 5.41) is 0.0841. The monoisotopic (exact) mass is 244 g/mol. The van der Waals surface area contributed by atoms with Gasteiger partial charge in [0.2, 0.25) is 0 Å². The molecule has 0 aromatic heterocycles. The standard InChI is InChI=1S/C12H15F3Si/c13-10-6-8-12(9-7-10)16(14,15)11-4-2-1-3-5-11/h6-9,11H,1-5H2. The van der Waals surface area contributed by atoms with E-state index in [2.05, 4.69) is 0 Å². The molecule has 1 saturated carbocycles. The summed E-state index contributed by atoms with van der Waals surface area (Å²) in [5.74, 6) is -0.447. The first-order valence-electron chi connectivity index (χ1n) is 5.74. The molecule has 0 aliphatic heterocycles. The minimum Gasteiger partial charge on any atom is -0.264 e. The highest BCUT2D eigenvalue weighted by atomic mass is 28.4. The summed E-state index contributed by atoms with van der Waals surface area (Å²) in [4.78, 5) is 0. The summed E-state index contributed by atoms with van der Waals surface area (Å²) in [5.41, 5.74) is -0.438. The quantitative estimate of drug-likeness (QED) is 0.549. The highest BCUT2D eigenvalue weighted by Gasteiger charge is 2.46. The van der Waals surface area contributed by atoms with E-state index < -0.39 is 20.1 Å². The topological polar surface area (TPSA) is 0 Å². The third-order valence-electron chi connectivity index (χ3n) is 3.35. The summed E-state index contributed by atoms with van der Waals surface area (Å²) < 4.78 is 41.1. The van der Waals surface area contributed by atoms with E-state index in [1.165, 1.54) is 12.1 Å². The van der Waals surface area contributed by atoms with E-state index in [-0.39, 0.29) is 5.19 Å². The van der Waals surface area contributed by atoms with Gasteiger partial charge in [0, 0.05) is 10.7 Å². The van der Waals surface area contributed by atoms with E-state index >= 15 is 0 Å². The predicted molar refractivity (Wildman–Crippen MR) is 60.8 cm³/mol. The molecule has 0 saturated heterocycles. The van der Waals surface area contributed by atoms with Gasteiger partial charge in [-0.25, -0.2) is 4.39 Å². The number of halogens is 3. The second-order valence-electron chi connectivity index (χ2n) is 4.46. The molecule has 0 bridgehead atoms. The summed E-state index contributed by atoms with van der Waals surface area (Å²) in [6.07, 6.45) is 4.17. The van der Waals surface area contributed by atoms with E-state index in [1.807, 2.05) is 0 Å². The zero-order valence-corrected chi connectivity index (χ0v) is 10.1. The molecular weight excluding hydrogens is 229 g/mol. The normalized spacial score (nSPS) is 18.7. The second kappa shape index (κ2) is 4.61. The molecule has 0 nitrogen and oxygen atoms in total. The molecule has 88 valence electrons. The number of hydrogen-bond donors (Lipinski definition) is 0. The molecule has 0 amide bonds. The van der Waals surface area contributed by atoms with Crippen molar-refractivity contribution in [2.24, 2.45) is 0 Å². The maximum absolute atomic E-state index is 14.2. The number of benzene rings is 1. The van der Waals surface area contributed by atoms with Crippen LogP contribution in [0, 0.1) is 5.82 Å². The van der Waals surface area contributed by atoms with Crippen LogP contribution in [0.2, 0.25) is 5.54 Å². The third kappa shape index (κ3) is 2.31. The molecule has 0 spiro atoms. The first-order valence-corrected chi connectivity index (χ1v) is 7.58. The Bertz CT molecular complexity index is 342. The zero-order chi connectivity index (χ0) is 11.6. The Morgan fingerprint density at radius 2 is 1.50 bits per heavy atom. The molecule has 1 aliphatic carbocycles. The highest BCUT2D eigenvalue weighted by molar-refractivity contribution is 6.81. The van der Waals surface area contributed by atoms with Gasteiger partial charge in [-0.2, -0.15) is 0 Å². The lowest BCUT2D eigenvalue weighted by atomic mass is 10.0. The van der Waals surface area contributed by atoms with E-state index in [0.717, 1.165) is 31.4 Å². The van der Waals surface area contributed by atoms with Crippen LogP contribution in [0.1, 0.15) is 32.1 Å². The van der Waals surface area contributed by atoms with Crippen molar-refractivity contribution >= 4 is 13.9 Å². The molecule has 4 heteroatoms. The predicted octanol–water partition coefficient (Wildman–Crippen LogP) is 3.75. The maximum atomic E-state index is 14.2. The molecular formula is C12H15F3Si. The van der Waals surface area contributed by atoms with Crippen LogP contribution >= 0.6 is 0 Å². The van der Waals surface area contributed by atoms with Crippen LogP contribution in [0.3, 0.4) is 0 Å². The van der Waals surface area contributed by atoms with Crippen molar-refractivity contribution in [3.8, 4) is 0 Å². The minimum absolute atomic E-state index is 0.0841. The molecule has 2 rings (SSSR count). The van der Waals surface area contributed by atoms with Crippen LogP contribution in [-0.2, 0) is 0 Å². The smallest absolute Gasteiger partial charge is 0.264 e. The lowest BCUT2D eigenvalue weighted by Gasteiger charge is -2.27. The Balaban J connectivity index is 2.19. The molecule has 0 N–H and O–H groups in total. The van der Waals surface area contributed by atoms with Gasteiger partial charge in [-0.1, -0.05) is 31.4 Å². The van der Waals surface area contributed by atoms with Gasteiger partial charge < -0.3 is 0 Å². The summed E-state index contributed by atoms with van der Waals surface area (Å²) in [6.45, 7) is 0. The Labute approximate surface area is 94.8 Å². The molecule has 0 radical (unpaired) electrons. The van der Waals surface area contributed by atoms with E-state index in [4.69, 9.17) is 0 Å². The van der Waals surface area contributed by atoms with E-state index in [0.29, 0.717) is 12.8 Å². The minimum atomic E-state index is -4.37. The van der Waals surface area contributed by atoms with Crippen LogP contribution in [0.4, 0.5) is 12.6 Å². The molecule has 1 aromatic carbocycles. The first-order chi connectivity index (χ1) is 7.60. The second-order valence-corrected chi connectivity index (χ2v) is 7.10. The molecule has 1 aromatic rings. The van der Waals surface area contributed by atoms with Crippen molar-refractivity contribution in [2.45, 2.75) is 37.6 Å². The van der Waals surface area contributed by atoms with Gasteiger partial charge in [0.25, 0.3) is 0 Å². The first kappa shape index (κ1) is 11.7. The largest absolute Gasteiger partial charge is 0.458 e. The van der Waals surface area contributed by atoms with Crippen LogP contribution < -0.4 is 5.19 Å². The van der Waals surface area contributed by atoms with Crippen molar-refractivity contribution in [2.75, 3.05) is 0 Å². The fraction of sp³-hybridized carbons (Fsp3) is 0.500. The molecule has 0 heterocycles. The van der Waals surface area contributed by atoms with Crippen LogP contribution in [0.15, 0.2) is 24.3 Å². The third-order valence-corrected chi connectivity index (χ3v) is 6.05. The van der Waals surface area contributed by atoms with Gasteiger partial charge in [-0.15, -0.1) is 0 Å².